The number of halogens is 1. The zero-order valence-electron chi connectivity index (χ0n) is 20.2. The third-order valence-corrected chi connectivity index (χ3v) is 6.40. The van der Waals surface area contributed by atoms with Crippen molar-refractivity contribution in [3.8, 4) is 5.75 Å². The molecule has 1 aliphatic rings. The van der Waals surface area contributed by atoms with Crippen molar-refractivity contribution in [1.82, 2.24) is 0 Å². The van der Waals surface area contributed by atoms with Crippen molar-refractivity contribution in [2.45, 2.75) is 6.42 Å². The zero-order chi connectivity index (χ0) is 27.2. The second kappa shape index (κ2) is 11.8. The molecular weight excluding hydrogens is 558 g/mol. The molecule has 0 unspecified atom stereocenters. The summed E-state index contributed by atoms with van der Waals surface area (Å²) in [6, 6.07) is 18.9. The summed E-state index contributed by atoms with van der Waals surface area (Å²) in [5, 5.41) is 0. The lowest BCUT2D eigenvalue weighted by Gasteiger charge is -2.16. The van der Waals surface area contributed by atoms with Gasteiger partial charge in [-0.15, -0.1) is 0 Å². The highest BCUT2D eigenvalue weighted by Crippen LogP contribution is 2.26. The summed E-state index contributed by atoms with van der Waals surface area (Å²) in [6.45, 7) is -0.392. The van der Waals surface area contributed by atoms with Crippen LogP contribution in [-0.4, -0.2) is 49.9 Å². The maximum Gasteiger partial charge on any atom is 0.343 e. The normalized spacial score (nSPS) is 14.6. The summed E-state index contributed by atoms with van der Waals surface area (Å²) in [7, 11) is 1.28. The van der Waals surface area contributed by atoms with Gasteiger partial charge in [0.2, 0.25) is 5.91 Å². The van der Waals surface area contributed by atoms with Crippen molar-refractivity contribution < 1.29 is 38.2 Å². The first-order chi connectivity index (χ1) is 18.2. The Hall–Kier alpha value is -4.31. The van der Waals surface area contributed by atoms with Gasteiger partial charge >= 0.3 is 17.9 Å². The quantitative estimate of drug-likeness (QED) is 0.221. The molecule has 0 bridgehead atoms. The molecule has 0 N–H and O–H groups in total. The average molecular weight is 580 g/mol. The number of carbonyl (C=O) groups is 5. The van der Waals surface area contributed by atoms with E-state index >= 15 is 0 Å². The highest BCUT2D eigenvalue weighted by Gasteiger charge is 2.36. The highest BCUT2D eigenvalue weighted by molar-refractivity contribution is 9.10. The number of carbonyl (C=O) groups excluding carboxylic acids is 5. The van der Waals surface area contributed by atoms with Gasteiger partial charge in [0.1, 0.15) is 5.75 Å². The molecule has 1 heterocycles. The minimum absolute atomic E-state index is 0.0514. The Morgan fingerprint density at radius 3 is 2.05 bits per heavy atom. The number of nitrogens with zero attached hydrogens (tertiary/aromatic N) is 1. The highest BCUT2D eigenvalue weighted by atomic mass is 79.9. The van der Waals surface area contributed by atoms with E-state index in [4.69, 9.17) is 9.47 Å². The number of ketones is 1. The standard InChI is InChI=1S/C28H22BrNO8/c1-36-26(33)18-4-10-22(11-5-18)30-15-20(14-25(30)32)27(34)37-16-24(31)17-6-12-23(13-7-17)38-28(35)19-2-8-21(29)9-3-19/h2-13,20H,14-16H2,1H3/t20-/m0/s1. The molecule has 1 atom stereocenters. The van der Waals surface area contributed by atoms with E-state index in [0.717, 1.165) is 4.47 Å². The van der Waals surface area contributed by atoms with Gasteiger partial charge in [-0.05, 0) is 72.8 Å². The fourth-order valence-electron chi connectivity index (χ4n) is 3.81. The van der Waals surface area contributed by atoms with E-state index in [1.54, 1.807) is 36.4 Å². The molecule has 1 amide bonds. The van der Waals surface area contributed by atoms with Crippen molar-refractivity contribution in [3.63, 3.8) is 0 Å². The number of amides is 1. The van der Waals surface area contributed by atoms with Crippen LogP contribution >= 0.6 is 15.9 Å². The predicted molar refractivity (Wildman–Crippen MR) is 139 cm³/mol. The average Bonchev–Trinajstić information content (AvgIpc) is 3.33. The number of rotatable bonds is 8. The van der Waals surface area contributed by atoms with Crippen LogP contribution in [0.25, 0.3) is 0 Å². The first kappa shape index (κ1) is 26.7. The molecule has 1 fully saturated rings. The lowest BCUT2D eigenvalue weighted by molar-refractivity contribution is -0.147. The van der Waals surface area contributed by atoms with Gasteiger partial charge in [-0.1, -0.05) is 15.9 Å². The minimum Gasteiger partial charge on any atom is -0.465 e. The number of Topliss-reactive ketones (excluding diaryl/α,β-unsaturated/α-hetero) is 1. The summed E-state index contributed by atoms with van der Waals surface area (Å²) in [5.41, 5.74) is 1.53. The maximum atomic E-state index is 12.5. The molecular formula is C28H22BrNO8. The first-order valence-corrected chi connectivity index (χ1v) is 12.3. The zero-order valence-corrected chi connectivity index (χ0v) is 21.8. The molecule has 3 aromatic rings. The van der Waals surface area contributed by atoms with Gasteiger partial charge in [0.05, 0.1) is 24.2 Å². The van der Waals surface area contributed by atoms with Gasteiger partial charge < -0.3 is 19.1 Å². The molecule has 9 nitrogen and oxygen atoms in total. The Morgan fingerprint density at radius 1 is 0.842 bits per heavy atom. The number of hydrogen-bond donors (Lipinski definition) is 0. The summed E-state index contributed by atoms with van der Waals surface area (Å²) >= 11 is 3.30. The molecule has 10 heteroatoms. The van der Waals surface area contributed by atoms with Gasteiger partial charge in [0.15, 0.2) is 12.4 Å². The lowest BCUT2D eigenvalue weighted by atomic mass is 10.1. The van der Waals surface area contributed by atoms with Crippen molar-refractivity contribution >= 4 is 51.2 Å². The molecule has 0 aromatic heterocycles. The van der Waals surface area contributed by atoms with E-state index in [1.165, 1.54) is 48.4 Å². The topological polar surface area (TPSA) is 116 Å². The molecule has 0 spiro atoms. The van der Waals surface area contributed by atoms with Crippen molar-refractivity contribution in [2.24, 2.45) is 5.92 Å². The second-order valence-corrected chi connectivity index (χ2v) is 9.31. The van der Waals surface area contributed by atoms with E-state index in [1.807, 2.05) is 0 Å². The van der Waals surface area contributed by atoms with Gasteiger partial charge in [-0.25, -0.2) is 9.59 Å². The van der Waals surface area contributed by atoms with E-state index in [-0.39, 0.29) is 30.2 Å². The van der Waals surface area contributed by atoms with Crippen LogP contribution in [0.1, 0.15) is 37.5 Å². The van der Waals surface area contributed by atoms with Crippen LogP contribution in [0.4, 0.5) is 5.69 Å². The summed E-state index contributed by atoms with van der Waals surface area (Å²) in [5.74, 6) is -2.86. The number of methoxy groups -OCH3 is 1. The predicted octanol–water partition coefficient (Wildman–Crippen LogP) is 4.23. The van der Waals surface area contributed by atoms with E-state index in [9.17, 15) is 24.0 Å². The number of anilines is 1. The number of hydrogen-bond acceptors (Lipinski definition) is 8. The Labute approximate surface area is 226 Å². The Morgan fingerprint density at radius 2 is 1.42 bits per heavy atom. The third kappa shape index (κ3) is 6.33. The molecule has 0 saturated carbocycles. The molecule has 4 rings (SSSR count). The summed E-state index contributed by atoms with van der Waals surface area (Å²) < 4.78 is 16.0. The van der Waals surface area contributed by atoms with Crippen LogP contribution < -0.4 is 9.64 Å². The second-order valence-electron chi connectivity index (χ2n) is 8.40. The van der Waals surface area contributed by atoms with Crippen LogP contribution in [0.3, 0.4) is 0 Å². The molecule has 1 aliphatic heterocycles. The fraction of sp³-hybridized carbons (Fsp3) is 0.179. The fourth-order valence-corrected chi connectivity index (χ4v) is 4.07. The number of esters is 3. The van der Waals surface area contributed by atoms with Gasteiger partial charge in [-0.2, -0.15) is 0 Å². The number of benzene rings is 3. The van der Waals surface area contributed by atoms with Crippen molar-refractivity contribution in [2.75, 3.05) is 25.2 Å². The lowest BCUT2D eigenvalue weighted by Crippen LogP contribution is -2.27. The van der Waals surface area contributed by atoms with Crippen LogP contribution in [-0.2, 0) is 19.1 Å². The van der Waals surface area contributed by atoms with E-state index in [2.05, 4.69) is 20.7 Å². The van der Waals surface area contributed by atoms with Gasteiger partial charge in [0, 0.05) is 28.7 Å². The molecule has 0 radical (unpaired) electrons. The van der Waals surface area contributed by atoms with Crippen LogP contribution in [0.5, 0.6) is 5.75 Å². The van der Waals surface area contributed by atoms with Crippen molar-refractivity contribution in [3.05, 3.63) is 94.0 Å². The monoisotopic (exact) mass is 579 g/mol. The van der Waals surface area contributed by atoms with Crippen molar-refractivity contribution in [1.29, 1.82) is 0 Å². The summed E-state index contributed by atoms with van der Waals surface area (Å²) in [4.78, 5) is 62.8. The Kier molecular flexibility index (Phi) is 8.32. The molecule has 38 heavy (non-hydrogen) atoms. The maximum absolute atomic E-state index is 12.5. The number of ether oxygens (including phenoxy) is 3. The largest absolute Gasteiger partial charge is 0.465 e. The van der Waals surface area contributed by atoms with E-state index < -0.39 is 36.2 Å². The van der Waals surface area contributed by atoms with Gasteiger partial charge in [0.25, 0.3) is 0 Å². The van der Waals surface area contributed by atoms with Crippen LogP contribution in [0.2, 0.25) is 0 Å². The molecule has 1 saturated heterocycles. The third-order valence-electron chi connectivity index (χ3n) is 5.87. The van der Waals surface area contributed by atoms with E-state index in [0.29, 0.717) is 16.8 Å². The SMILES string of the molecule is COC(=O)c1ccc(N2C[C@@H](C(=O)OCC(=O)c3ccc(OC(=O)c4ccc(Br)cc4)cc3)CC2=O)cc1. The smallest absolute Gasteiger partial charge is 0.343 e. The minimum atomic E-state index is -0.726. The Balaban J connectivity index is 1.28. The van der Waals surface area contributed by atoms with Crippen LogP contribution in [0.15, 0.2) is 77.3 Å². The molecule has 194 valence electrons. The Bertz CT molecular complexity index is 1370. The first-order valence-electron chi connectivity index (χ1n) is 11.5. The van der Waals surface area contributed by atoms with Gasteiger partial charge in [-0.3, -0.25) is 14.4 Å². The molecule has 0 aliphatic carbocycles. The van der Waals surface area contributed by atoms with Crippen LogP contribution in [0, 0.1) is 5.92 Å². The molecule has 3 aromatic carbocycles. The summed E-state index contributed by atoms with van der Waals surface area (Å²) in [6.07, 6.45) is -0.0514.